The van der Waals surface area contributed by atoms with Crippen LogP contribution in [-0.2, 0) is 9.53 Å². The van der Waals surface area contributed by atoms with Crippen LogP contribution in [0, 0.1) is 0 Å². The Morgan fingerprint density at radius 2 is 2.24 bits per heavy atom. The van der Waals surface area contributed by atoms with Crippen LogP contribution in [0.4, 0.5) is 0 Å². The molecule has 0 N–H and O–H groups in total. The van der Waals surface area contributed by atoms with Crippen molar-refractivity contribution in [2.45, 2.75) is 44.9 Å². The molecule has 1 unspecified atom stereocenters. The van der Waals surface area contributed by atoms with Gasteiger partial charge in [0.05, 0.1) is 6.26 Å². The number of hydrogen-bond acceptors (Lipinski definition) is 4. The quantitative estimate of drug-likeness (QED) is 0.625. The van der Waals surface area contributed by atoms with Gasteiger partial charge in [-0.2, -0.15) is 0 Å². The molecule has 1 saturated carbocycles. The predicted molar refractivity (Wildman–Crippen MR) is 78.2 cm³/mol. The molecule has 1 aliphatic heterocycles. The van der Waals surface area contributed by atoms with E-state index in [1.807, 2.05) is 6.07 Å². The van der Waals surface area contributed by atoms with Gasteiger partial charge in [0.1, 0.15) is 0 Å². The molecule has 21 heavy (non-hydrogen) atoms. The van der Waals surface area contributed by atoms with E-state index in [2.05, 4.69) is 12.1 Å². The maximum Gasteiger partial charge on any atom is 0.310 e. The van der Waals surface area contributed by atoms with E-state index in [0.717, 1.165) is 37.2 Å². The van der Waals surface area contributed by atoms with Gasteiger partial charge in [0.2, 0.25) is 6.79 Å². The molecular weight excluding hydrogens is 268 g/mol. The van der Waals surface area contributed by atoms with Crippen LogP contribution in [0.15, 0.2) is 30.0 Å². The molecule has 0 saturated heterocycles. The fourth-order valence-electron chi connectivity index (χ4n) is 2.89. The van der Waals surface area contributed by atoms with Crippen LogP contribution in [0.25, 0.3) is 0 Å². The number of allylic oxidation sites excluding steroid dienone is 1. The second-order valence-corrected chi connectivity index (χ2v) is 5.53. The third kappa shape index (κ3) is 3.20. The molecule has 1 aromatic rings. The second-order valence-electron chi connectivity index (χ2n) is 5.53. The first-order chi connectivity index (χ1) is 10.3. The Balaban J connectivity index is 1.69. The standard InChI is InChI=1S/C17H20O4/c1-2-17(18)19-10-12-4-3-5-13(8-12)14-6-7-15-16(9-14)21-11-20-15/h6-7,9-10,13H,2-5,8,11H2,1H3. The normalized spacial score (nSPS) is 22.3. The second kappa shape index (κ2) is 6.20. The average molecular weight is 288 g/mol. The first kappa shape index (κ1) is 14.0. The molecule has 1 heterocycles. The molecular formula is C17H20O4. The molecule has 0 bridgehead atoms. The lowest BCUT2D eigenvalue weighted by atomic mass is 9.81. The lowest BCUT2D eigenvalue weighted by molar-refractivity contribution is -0.137. The number of fused-ring (bicyclic) bond motifs is 1. The Labute approximate surface area is 124 Å². The average Bonchev–Trinajstić information content (AvgIpc) is 3.00. The van der Waals surface area contributed by atoms with E-state index in [-0.39, 0.29) is 5.97 Å². The van der Waals surface area contributed by atoms with Crippen LogP contribution in [0.1, 0.15) is 50.5 Å². The van der Waals surface area contributed by atoms with Gasteiger partial charge in [-0.05, 0) is 54.9 Å². The van der Waals surface area contributed by atoms with E-state index in [1.165, 1.54) is 11.1 Å². The van der Waals surface area contributed by atoms with Crippen LogP contribution in [-0.4, -0.2) is 12.8 Å². The Morgan fingerprint density at radius 1 is 1.38 bits per heavy atom. The van der Waals surface area contributed by atoms with Gasteiger partial charge in [0.15, 0.2) is 11.5 Å². The minimum Gasteiger partial charge on any atom is -0.454 e. The van der Waals surface area contributed by atoms with Crippen molar-refractivity contribution < 1.29 is 19.0 Å². The van der Waals surface area contributed by atoms with Gasteiger partial charge in [-0.15, -0.1) is 0 Å². The Kier molecular flexibility index (Phi) is 4.13. The molecule has 0 aromatic heterocycles. The van der Waals surface area contributed by atoms with Crippen molar-refractivity contribution in [2.75, 3.05) is 6.79 Å². The van der Waals surface area contributed by atoms with E-state index in [1.54, 1.807) is 13.2 Å². The van der Waals surface area contributed by atoms with Gasteiger partial charge in [0, 0.05) is 6.42 Å². The van der Waals surface area contributed by atoms with Crippen molar-refractivity contribution in [1.82, 2.24) is 0 Å². The molecule has 0 amide bonds. The minimum atomic E-state index is -0.173. The SMILES string of the molecule is CCC(=O)OC=C1CCCC(c2ccc3c(c2)OCO3)C1. The number of esters is 1. The van der Waals surface area contributed by atoms with Gasteiger partial charge in [0.25, 0.3) is 0 Å². The zero-order valence-electron chi connectivity index (χ0n) is 12.3. The first-order valence-electron chi connectivity index (χ1n) is 7.53. The Bertz CT molecular complexity index is 562. The van der Waals surface area contributed by atoms with E-state index in [9.17, 15) is 4.79 Å². The number of hydrogen-bond donors (Lipinski definition) is 0. The van der Waals surface area contributed by atoms with Gasteiger partial charge in [-0.3, -0.25) is 4.79 Å². The lowest BCUT2D eigenvalue weighted by Crippen LogP contribution is -2.08. The van der Waals surface area contributed by atoms with Crippen molar-refractivity contribution in [3.05, 3.63) is 35.6 Å². The lowest BCUT2D eigenvalue weighted by Gasteiger charge is -2.24. The van der Waals surface area contributed by atoms with Crippen LogP contribution in [0.3, 0.4) is 0 Å². The zero-order chi connectivity index (χ0) is 14.7. The molecule has 1 atom stereocenters. The van der Waals surface area contributed by atoms with Gasteiger partial charge < -0.3 is 14.2 Å². The summed E-state index contributed by atoms with van der Waals surface area (Å²) in [5, 5.41) is 0. The number of carbonyl (C=O) groups is 1. The summed E-state index contributed by atoms with van der Waals surface area (Å²) < 4.78 is 15.9. The Morgan fingerprint density at radius 3 is 3.10 bits per heavy atom. The van der Waals surface area contributed by atoms with E-state index >= 15 is 0 Å². The molecule has 4 nitrogen and oxygen atoms in total. The number of rotatable bonds is 3. The first-order valence-corrected chi connectivity index (χ1v) is 7.53. The van der Waals surface area contributed by atoms with Crippen LogP contribution >= 0.6 is 0 Å². The summed E-state index contributed by atoms with van der Waals surface area (Å²) in [7, 11) is 0. The highest BCUT2D eigenvalue weighted by molar-refractivity contribution is 5.69. The summed E-state index contributed by atoms with van der Waals surface area (Å²) in [6.45, 7) is 2.11. The molecule has 2 aliphatic rings. The van der Waals surface area contributed by atoms with Gasteiger partial charge in [-0.1, -0.05) is 13.0 Å². The smallest absolute Gasteiger partial charge is 0.310 e. The van der Waals surface area contributed by atoms with Crippen molar-refractivity contribution in [2.24, 2.45) is 0 Å². The van der Waals surface area contributed by atoms with Crippen molar-refractivity contribution in [1.29, 1.82) is 0 Å². The number of ether oxygens (including phenoxy) is 3. The fourth-order valence-corrected chi connectivity index (χ4v) is 2.89. The molecule has 0 radical (unpaired) electrons. The maximum absolute atomic E-state index is 11.2. The summed E-state index contributed by atoms with van der Waals surface area (Å²) >= 11 is 0. The summed E-state index contributed by atoms with van der Waals surface area (Å²) in [6.07, 6.45) is 6.29. The molecule has 112 valence electrons. The number of benzene rings is 1. The largest absolute Gasteiger partial charge is 0.454 e. The summed E-state index contributed by atoms with van der Waals surface area (Å²) in [4.78, 5) is 11.2. The van der Waals surface area contributed by atoms with Crippen molar-refractivity contribution in [3.63, 3.8) is 0 Å². The fraction of sp³-hybridized carbons (Fsp3) is 0.471. The van der Waals surface area contributed by atoms with E-state index < -0.39 is 0 Å². The third-order valence-electron chi connectivity index (χ3n) is 4.07. The predicted octanol–water partition coefficient (Wildman–Crippen LogP) is 3.91. The highest BCUT2D eigenvalue weighted by Gasteiger charge is 2.22. The van der Waals surface area contributed by atoms with Gasteiger partial charge >= 0.3 is 5.97 Å². The van der Waals surface area contributed by atoms with E-state index in [4.69, 9.17) is 14.2 Å². The molecule has 1 aromatic carbocycles. The molecule has 1 fully saturated rings. The van der Waals surface area contributed by atoms with Gasteiger partial charge in [-0.25, -0.2) is 0 Å². The number of carbonyl (C=O) groups excluding carboxylic acids is 1. The topological polar surface area (TPSA) is 44.8 Å². The Hall–Kier alpha value is -1.97. The third-order valence-corrected chi connectivity index (χ3v) is 4.07. The zero-order valence-corrected chi connectivity index (χ0v) is 12.3. The maximum atomic E-state index is 11.2. The monoisotopic (exact) mass is 288 g/mol. The highest BCUT2D eigenvalue weighted by Crippen LogP contribution is 2.40. The summed E-state index contributed by atoms with van der Waals surface area (Å²) in [6, 6.07) is 6.17. The molecule has 0 spiro atoms. The molecule has 1 aliphatic carbocycles. The summed E-state index contributed by atoms with van der Waals surface area (Å²) in [5.41, 5.74) is 2.48. The van der Waals surface area contributed by atoms with Crippen LogP contribution < -0.4 is 9.47 Å². The minimum absolute atomic E-state index is 0.173. The van der Waals surface area contributed by atoms with Crippen molar-refractivity contribution >= 4 is 5.97 Å². The summed E-state index contributed by atoms with van der Waals surface area (Å²) in [5.74, 6) is 1.94. The molecule has 3 rings (SSSR count). The van der Waals surface area contributed by atoms with E-state index in [0.29, 0.717) is 19.1 Å². The molecule has 4 heteroatoms. The van der Waals surface area contributed by atoms with Crippen LogP contribution in [0.2, 0.25) is 0 Å². The highest BCUT2D eigenvalue weighted by atomic mass is 16.7. The van der Waals surface area contributed by atoms with Crippen LogP contribution in [0.5, 0.6) is 11.5 Å². The van der Waals surface area contributed by atoms with Crippen molar-refractivity contribution in [3.8, 4) is 11.5 Å².